The molecular formula is C19H20Cl2N2O2. The third-order valence-corrected chi connectivity index (χ3v) is 5.26. The van der Waals surface area contributed by atoms with E-state index in [2.05, 4.69) is 9.88 Å². The highest BCUT2D eigenvalue weighted by Crippen LogP contribution is 2.34. The highest BCUT2D eigenvalue weighted by Gasteiger charge is 2.31. The van der Waals surface area contributed by atoms with Crippen LogP contribution in [0.15, 0.2) is 42.6 Å². The predicted molar refractivity (Wildman–Crippen MR) is 99.1 cm³/mol. The van der Waals surface area contributed by atoms with Crippen LogP contribution < -0.4 is 0 Å². The SMILES string of the molecule is O=C(O)C1CCCN(C(Cc2ccccn2)c2ccc(Cl)cc2Cl)C1. The minimum Gasteiger partial charge on any atom is -0.481 e. The summed E-state index contributed by atoms with van der Waals surface area (Å²) in [6.45, 7) is 1.37. The number of carboxylic acid groups (broad SMARTS) is 1. The lowest BCUT2D eigenvalue weighted by Crippen LogP contribution is -2.41. The molecule has 1 fully saturated rings. The Hall–Kier alpha value is -1.62. The van der Waals surface area contributed by atoms with Gasteiger partial charge in [0.25, 0.3) is 0 Å². The number of hydrogen-bond acceptors (Lipinski definition) is 3. The number of carboxylic acids is 1. The fraction of sp³-hybridized carbons (Fsp3) is 0.368. The topological polar surface area (TPSA) is 53.4 Å². The Morgan fingerprint density at radius 2 is 2.16 bits per heavy atom. The second-order valence-corrected chi connectivity index (χ2v) is 7.22. The molecule has 0 bridgehead atoms. The quantitative estimate of drug-likeness (QED) is 0.833. The number of rotatable bonds is 5. The highest BCUT2D eigenvalue weighted by atomic mass is 35.5. The molecular weight excluding hydrogens is 359 g/mol. The largest absolute Gasteiger partial charge is 0.481 e. The lowest BCUT2D eigenvalue weighted by atomic mass is 9.93. The van der Waals surface area contributed by atoms with Gasteiger partial charge >= 0.3 is 5.97 Å². The molecule has 2 heterocycles. The predicted octanol–water partition coefficient (Wildman–Crippen LogP) is 4.47. The van der Waals surface area contributed by atoms with Gasteiger partial charge in [-0.3, -0.25) is 14.7 Å². The Morgan fingerprint density at radius 3 is 2.84 bits per heavy atom. The molecule has 0 spiro atoms. The molecule has 1 saturated heterocycles. The molecule has 1 aromatic carbocycles. The summed E-state index contributed by atoms with van der Waals surface area (Å²) >= 11 is 12.5. The van der Waals surface area contributed by atoms with Gasteiger partial charge in [-0.05, 0) is 49.2 Å². The molecule has 0 aliphatic carbocycles. The first kappa shape index (κ1) is 18.2. The molecule has 2 unspecified atom stereocenters. The molecule has 0 radical (unpaired) electrons. The first-order valence-corrected chi connectivity index (χ1v) is 9.12. The van der Waals surface area contributed by atoms with Crippen LogP contribution in [-0.4, -0.2) is 34.0 Å². The van der Waals surface area contributed by atoms with Crippen molar-refractivity contribution in [3.05, 3.63) is 63.9 Å². The van der Waals surface area contributed by atoms with E-state index >= 15 is 0 Å². The summed E-state index contributed by atoms with van der Waals surface area (Å²) in [5.74, 6) is -1.07. The molecule has 1 N–H and O–H groups in total. The van der Waals surface area contributed by atoms with Crippen molar-refractivity contribution in [1.82, 2.24) is 9.88 Å². The zero-order chi connectivity index (χ0) is 17.8. The maximum absolute atomic E-state index is 11.4. The maximum Gasteiger partial charge on any atom is 0.307 e. The van der Waals surface area contributed by atoms with Gasteiger partial charge in [0.05, 0.1) is 5.92 Å². The van der Waals surface area contributed by atoms with Gasteiger partial charge < -0.3 is 5.11 Å². The summed E-state index contributed by atoms with van der Waals surface area (Å²) in [6, 6.07) is 11.3. The number of piperidine rings is 1. The van der Waals surface area contributed by atoms with Crippen molar-refractivity contribution in [1.29, 1.82) is 0 Å². The molecule has 0 saturated carbocycles. The summed E-state index contributed by atoms with van der Waals surface area (Å²) in [5.41, 5.74) is 1.92. The van der Waals surface area contributed by atoms with Crippen LogP contribution in [-0.2, 0) is 11.2 Å². The van der Waals surface area contributed by atoms with Crippen molar-refractivity contribution in [2.75, 3.05) is 13.1 Å². The van der Waals surface area contributed by atoms with Crippen molar-refractivity contribution in [3.8, 4) is 0 Å². The van der Waals surface area contributed by atoms with E-state index in [1.165, 1.54) is 0 Å². The minimum absolute atomic E-state index is 0.0261. The average Bonchev–Trinajstić information content (AvgIpc) is 2.61. The van der Waals surface area contributed by atoms with Crippen LogP contribution in [0, 0.1) is 5.92 Å². The van der Waals surface area contributed by atoms with Crippen molar-refractivity contribution in [3.63, 3.8) is 0 Å². The molecule has 2 atom stereocenters. The van der Waals surface area contributed by atoms with E-state index in [4.69, 9.17) is 23.2 Å². The van der Waals surface area contributed by atoms with Gasteiger partial charge in [0.2, 0.25) is 0 Å². The average molecular weight is 379 g/mol. The summed E-state index contributed by atoms with van der Waals surface area (Å²) in [6.07, 6.45) is 4.03. The fourth-order valence-corrected chi connectivity index (χ4v) is 3.95. The van der Waals surface area contributed by atoms with Crippen LogP contribution in [0.4, 0.5) is 0 Å². The number of carbonyl (C=O) groups is 1. The van der Waals surface area contributed by atoms with Crippen LogP contribution >= 0.6 is 23.2 Å². The van der Waals surface area contributed by atoms with Crippen LogP contribution in [0.3, 0.4) is 0 Å². The molecule has 25 heavy (non-hydrogen) atoms. The van der Waals surface area contributed by atoms with Gasteiger partial charge in [-0.1, -0.05) is 35.3 Å². The molecule has 0 amide bonds. The van der Waals surface area contributed by atoms with Gasteiger partial charge in [-0.15, -0.1) is 0 Å². The number of aliphatic carboxylic acids is 1. The van der Waals surface area contributed by atoms with Crippen molar-refractivity contribution >= 4 is 29.2 Å². The first-order valence-electron chi connectivity index (χ1n) is 8.36. The smallest absolute Gasteiger partial charge is 0.307 e. The zero-order valence-corrected chi connectivity index (χ0v) is 15.2. The fourth-order valence-electron chi connectivity index (χ4n) is 3.42. The normalized spacial score (nSPS) is 19.5. The van der Waals surface area contributed by atoms with E-state index < -0.39 is 5.97 Å². The molecule has 1 aliphatic heterocycles. The van der Waals surface area contributed by atoms with E-state index in [1.54, 1.807) is 12.3 Å². The number of aromatic nitrogens is 1. The summed E-state index contributed by atoms with van der Waals surface area (Å²) in [4.78, 5) is 18.1. The zero-order valence-electron chi connectivity index (χ0n) is 13.7. The second-order valence-electron chi connectivity index (χ2n) is 6.38. The summed E-state index contributed by atoms with van der Waals surface area (Å²) < 4.78 is 0. The van der Waals surface area contributed by atoms with Crippen molar-refractivity contribution in [2.24, 2.45) is 5.92 Å². The summed E-state index contributed by atoms with van der Waals surface area (Å²) in [5, 5.41) is 10.6. The van der Waals surface area contributed by atoms with Gasteiger partial charge in [0.1, 0.15) is 0 Å². The Morgan fingerprint density at radius 1 is 1.32 bits per heavy atom. The third-order valence-electron chi connectivity index (χ3n) is 4.69. The first-order chi connectivity index (χ1) is 12.0. The van der Waals surface area contributed by atoms with Gasteiger partial charge in [-0.2, -0.15) is 0 Å². The molecule has 1 aromatic heterocycles. The van der Waals surface area contributed by atoms with Crippen LogP contribution in [0.25, 0.3) is 0 Å². The second kappa shape index (κ2) is 8.17. The Labute approximate surface area is 157 Å². The van der Waals surface area contributed by atoms with E-state index in [0.29, 0.717) is 23.0 Å². The molecule has 4 nitrogen and oxygen atoms in total. The van der Waals surface area contributed by atoms with E-state index in [1.807, 2.05) is 30.3 Å². The number of benzene rings is 1. The van der Waals surface area contributed by atoms with E-state index in [9.17, 15) is 9.90 Å². The molecule has 2 aromatic rings. The number of pyridine rings is 1. The van der Waals surface area contributed by atoms with Gasteiger partial charge in [0.15, 0.2) is 0 Å². The van der Waals surface area contributed by atoms with Crippen LogP contribution in [0.5, 0.6) is 0 Å². The van der Waals surface area contributed by atoms with Crippen LogP contribution in [0.1, 0.15) is 30.1 Å². The Balaban J connectivity index is 1.92. The molecule has 6 heteroatoms. The van der Waals surface area contributed by atoms with Gasteiger partial charge in [-0.25, -0.2) is 0 Å². The Kier molecular flexibility index (Phi) is 5.94. The minimum atomic E-state index is -0.733. The Bertz CT molecular complexity index is 739. The highest BCUT2D eigenvalue weighted by molar-refractivity contribution is 6.35. The summed E-state index contributed by atoms with van der Waals surface area (Å²) in [7, 11) is 0. The lowest BCUT2D eigenvalue weighted by molar-refractivity contribution is -0.144. The van der Waals surface area contributed by atoms with Gasteiger partial charge in [0, 0.05) is 40.9 Å². The molecule has 132 valence electrons. The maximum atomic E-state index is 11.4. The molecule has 1 aliphatic rings. The number of likely N-dealkylation sites (tertiary alicyclic amines) is 1. The van der Waals surface area contributed by atoms with Crippen molar-refractivity contribution in [2.45, 2.75) is 25.3 Å². The molecule has 3 rings (SSSR count). The number of hydrogen-bond donors (Lipinski definition) is 1. The lowest BCUT2D eigenvalue weighted by Gasteiger charge is -2.37. The van der Waals surface area contributed by atoms with E-state index in [0.717, 1.165) is 30.6 Å². The monoisotopic (exact) mass is 378 g/mol. The van der Waals surface area contributed by atoms with Crippen LogP contribution in [0.2, 0.25) is 10.0 Å². The van der Waals surface area contributed by atoms with E-state index in [-0.39, 0.29) is 12.0 Å². The van der Waals surface area contributed by atoms with Crippen molar-refractivity contribution < 1.29 is 9.90 Å². The number of halogens is 2. The standard InChI is InChI=1S/C19H20Cl2N2O2/c20-14-6-7-16(17(21)10-14)18(11-15-5-1-2-8-22-15)23-9-3-4-13(12-23)19(24)25/h1-2,5-8,10,13,18H,3-4,9,11-12H2,(H,24,25). The third kappa shape index (κ3) is 4.51. The number of nitrogens with zero attached hydrogens (tertiary/aromatic N) is 2.